The number of methoxy groups -OCH3 is 1. The number of ether oxygens (including phenoxy) is 1. The van der Waals surface area contributed by atoms with Crippen LogP contribution >= 0.6 is 11.6 Å². The van der Waals surface area contributed by atoms with Gasteiger partial charge in [0.05, 0.1) is 41.0 Å². The first kappa shape index (κ1) is 23.5. The summed E-state index contributed by atoms with van der Waals surface area (Å²) in [5.74, 6) is -0.731. The Bertz CT molecular complexity index is 1240. The average molecular weight is 485 g/mol. The standard InChI is InChI=1S/C22H25ClN8O3/c1-13-19(23)15(11-25-20(13)24)21(32)26-16-10-14(31-12-17(27-28-31)22(33)34-3)4-5-18(16)30-8-6-29(2)7-9-30/h4-5,10-12H,6-9H2,1-3H3,(H2,24,25)(H,26,32). The van der Waals surface area contributed by atoms with E-state index in [0.29, 0.717) is 16.9 Å². The second-order valence-electron chi connectivity index (χ2n) is 7.98. The summed E-state index contributed by atoms with van der Waals surface area (Å²) in [5, 5.41) is 11.1. The minimum atomic E-state index is -0.588. The second-order valence-corrected chi connectivity index (χ2v) is 8.36. The fourth-order valence-corrected chi connectivity index (χ4v) is 3.86. The molecule has 1 fully saturated rings. The maximum Gasteiger partial charge on any atom is 0.360 e. The summed E-state index contributed by atoms with van der Waals surface area (Å²) in [6, 6.07) is 5.53. The number of aromatic nitrogens is 4. The van der Waals surface area contributed by atoms with E-state index in [4.69, 9.17) is 22.1 Å². The van der Waals surface area contributed by atoms with E-state index in [1.54, 1.807) is 13.0 Å². The summed E-state index contributed by atoms with van der Waals surface area (Å²) >= 11 is 6.37. The largest absolute Gasteiger partial charge is 0.464 e. The first-order chi connectivity index (χ1) is 16.3. The van der Waals surface area contributed by atoms with Gasteiger partial charge in [-0.05, 0) is 32.2 Å². The third-order valence-corrected chi connectivity index (χ3v) is 6.24. The summed E-state index contributed by atoms with van der Waals surface area (Å²) < 4.78 is 6.14. The van der Waals surface area contributed by atoms with Crippen molar-refractivity contribution in [1.82, 2.24) is 24.9 Å². The molecular formula is C22H25ClN8O3. The summed E-state index contributed by atoms with van der Waals surface area (Å²) in [6.45, 7) is 5.11. The molecule has 11 nitrogen and oxygen atoms in total. The lowest BCUT2D eigenvalue weighted by Gasteiger charge is -2.35. The number of hydrogen-bond donors (Lipinski definition) is 2. The molecule has 34 heavy (non-hydrogen) atoms. The van der Waals surface area contributed by atoms with Gasteiger partial charge in [0, 0.05) is 37.9 Å². The van der Waals surface area contributed by atoms with Crippen LogP contribution in [-0.4, -0.2) is 77.1 Å². The number of pyridine rings is 1. The van der Waals surface area contributed by atoms with Crippen LogP contribution in [0.2, 0.25) is 5.02 Å². The van der Waals surface area contributed by atoms with Gasteiger partial charge in [-0.3, -0.25) is 4.79 Å². The molecule has 12 heteroatoms. The van der Waals surface area contributed by atoms with Gasteiger partial charge in [-0.1, -0.05) is 16.8 Å². The smallest absolute Gasteiger partial charge is 0.360 e. The highest BCUT2D eigenvalue weighted by Crippen LogP contribution is 2.31. The molecule has 0 bridgehead atoms. The van der Waals surface area contributed by atoms with Crippen LogP contribution in [0.4, 0.5) is 17.2 Å². The van der Waals surface area contributed by atoms with Gasteiger partial charge in [0.2, 0.25) is 0 Å². The van der Waals surface area contributed by atoms with Gasteiger partial charge in [-0.2, -0.15) is 0 Å². The third kappa shape index (κ3) is 4.66. The predicted octanol–water partition coefficient (Wildman–Crippen LogP) is 2.00. The summed E-state index contributed by atoms with van der Waals surface area (Å²) in [5.41, 5.74) is 8.67. The van der Waals surface area contributed by atoms with Gasteiger partial charge in [0.25, 0.3) is 5.91 Å². The molecule has 1 aliphatic heterocycles. The number of amides is 1. The van der Waals surface area contributed by atoms with Crippen LogP contribution in [0.25, 0.3) is 5.69 Å². The highest BCUT2D eigenvalue weighted by Gasteiger charge is 2.21. The zero-order valence-corrected chi connectivity index (χ0v) is 19.8. The molecule has 3 heterocycles. The van der Waals surface area contributed by atoms with Gasteiger partial charge in [-0.25, -0.2) is 14.5 Å². The van der Waals surface area contributed by atoms with Crippen LogP contribution in [0.15, 0.2) is 30.6 Å². The van der Waals surface area contributed by atoms with E-state index in [9.17, 15) is 9.59 Å². The topological polar surface area (TPSA) is 132 Å². The molecule has 0 atom stereocenters. The van der Waals surface area contributed by atoms with Crippen molar-refractivity contribution in [3.63, 3.8) is 0 Å². The van der Waals surface area contributed by atoms with Gasteiger partial charge < -0.3 is 25.6 Å². The molecule has 2 aromatic heterocycles. The second kappa shape index (κ2) is 9.65. The van der Waals surface area contributed by atoms with Crippen molar-refractivity contribution in [2.45, 2.75) is 6.92 Å². The maximum absolute atomic E-state index is 13.2. The number of nitrogens with two attached hydrogens (primary N) is 1. The van der Waals surface area contributed by atoms with Crippen LogP contribution in [0.5, 0.6) is 0 Å². The van der Waals surface area contributed by atoms with E-state index in [0.717, 1.165) is 31.9 Å². The first-order valence-corrected chi connectivity index (χ1v) is 11.0. The van der Waals surface area contributed by atoms with Crippen LogP contribution in [0, 0.1) is 6.92 Å². The number of rotatable bonds is 5. The van der Waals surface area contributed by atoms with Crippen LogP contribution in [0.3, 0.4) is 0 Å². The van der Waals surface area contributed by atoms with Crippen LogP contribution in [-0.2, 0) is 4.74 Å². The van der Waals surface area contributed by atoms with Crippen molar-refractivity contribution in [2.75, 3.05) is 56.3 Å². The molecule has 3 N–H and O–H groups in total. The molecule has 0 aliphatic carbocycles. The minimum Gasteiger partial charge on any atom is -0.464 e. The zero-order valence-electron chi connectivity index (χ0n) is 19.1. The molecule has 0 saturated carbocycles. The Balaban J connectivity index is 1.71. The molecule has 0 radical (unpaired) electrons. The molecule has 1 saturated heterocycles. The Morgan fingerprint density at radius 2 is 1.94 bits per heavy atom. The molecule has 1 aromatic carbocycles. The number of carbonyl (C=O) groups excluding carboxylic acids is 2. The van der Waals surface area contributed by atoms with Gasteiger partial charge in [0.1, 0.15) is 5.82 Å². The number of esters is 1. The van der Waals surface area contributed by atoms with Crippen molar-refractivity contribution in [3.8, 4) is 5.69 Å². The molecular weight excluding hydrogens is 460 g/mol. The Morgan fingerprint density at radius 3 is 2.65 bits per heavy atom. The quantitative estimate of drug-likeness (QED) is 0.522. The molecule has 4 rings (SSSR count). The first-order valence-electron chi connectivity index (χ1n) is 10.6. The Morgan fingerprint density at radius 1 is 1.21 bits per heavy atom. The zero-order chi connectivity index (χ0) is 24.4. The fourth-order valence-electron chi connectivity index (χ4n) is 3.63. The molecule has 178 valence electrons. The van der Waals surface area contributed by atoms with E-state index in [2.05, 4.69) is 37.5 Å². The highest BCUT2D eigenvalue weighted by atomic mass is 35.5. The number of hydrogen-bond acceptors (Lipinski definition) is 9. The molecule has 3 aromatic rings. The van der Waals surface area contributed by atoms with E-state index in [1.807, 2.05) is 12.1 Å². The minimum absolute atomic E-state index is 0.0754. The summed E-state index contributed by atoms with van der Waals surface area (Å²) in [7, 11) is 3.35. The van der Waals surface area contributed by atoms with E-state index < -0.39 is 11.9 Å². The van der Waals surface area contributed by atoms with Crippen LogP contribution < -0.4 is 16.0 Å². The third-order valence-electron chi connectivity index (χ3n) is 5.75. The van der Waals surface area contributed by atoms with E-state index in [-0.39, 0.29) is 22.1 Å². The SMILES string of the molecule is COC(=O)c1cn(-c2ccc(N3CCN(C)CC3)c(NC(=O)c3cnc(N)c(C)c3Cl)c2)nn1. The Labute approximate surface area is 201 Å². The normalized spacial score (nSPS) is 14.2. The number of nitrogens with zero attached hydrogens (tertiary/aromatic N) is 6. The number of anilines is 3. The van der Waals surface area contributed by atoms with Crippen molar-refractivity contribution in [2.24, 2.45) is 0 Å². The fraction of sp³-hybridized carbons (Fsp3) is 0.318. The molecule has 0 spiro atoms. The number of halogens is 1. The number of nitrogens with one attached hydrogen (secondary N) is 1. The van der Waals surface area contributed by atoms with Gasteiger partial charge in [-0.15, -0.1) is 5.10 Å². The Hall–Kier alpha value is -3.70. The number of piperazine rings is 1. The summed E-state index contributed by atoms with van der Waals surface area (Å²) in [4.78, 5) is 33.4. The number of likely N-dealkylation sites (N-methyl/N-ethyl adjacent to an activating group) is 1. The monoisotopic (exact) mass is 484 g/mol. The van der Waals surface area contributed by atoms with Crippen LogP contribution in [0.1, 0.15) is 26.4 Å². The average Bonchev–Trinajstić information content (AvgIpc) is 3.33. The van der Waals surface area contributed by atoms with Gasteiger partial charge >= 0.3 is 5.97 Å². The maximum atomic E-state index is 13.2. The molecule has 1 aliphatic rings. The van der Waals surface area contributed by atoms with Crippen molar-refractivity contribution in [1.29, 1.82) is 0 Å². The number of benzene rings is 1. The van der Waals surface area contributed by atoms with Crippen molar-refractivity contribution < 1.29 is 14.3 Å². The lowest BCUT2D eigenvalue weighted by Crippen LogP contribution is -2.44. The lowest BCUT2D eigenvalue weighted by atomic mass is 10.1. The van der Waals surface area contributed by atoms with E-state index >= 15 is 0 Å². The van der Waals surface area contributed by atoms with Gasteiger partial charge in [0.15, 0.2) is 5.69 Å². The van der Waals surface area contributed by atoms with Crippen molar-refractivity contribution >= 4 is 40.7 Å². The molecule has 1 amide bonds. The number of nitrogen functional groups attached to an aromatic ring is 1. The lowest BCUT2D eigenvalue weighted by molar-refractivity contribution is 0.0593. The highest BCUT2D eigenvalue weighted by molar-refractivity contribution is 6.35. The van der Waals surface area contributed by atoms with E-state index in [1.165, 1.54) is 24.2 Å². The Kier molecular flexibility index (Phi) is 6.66. The number of carbonyl (C=O) groups is 2. The van der Waals surface area contributed by atoms with Crippen molar-refractivity contribution in [3.05, 3.63) is 52.4 Å². The predicted molar refractivity (Wildman–Crippen MR) is 129 cm³/mol. The summed E-state index contributed by atoms with van der Waals surface area (Å²) in [6.07, 6.45) is 2.83. The molecule has 0 unspecified atom stereocenters.